The summed E-state index contributed by atoms with van der Waals surface area (Å²) in [7, 11) is 0. The Morgan fingerprint density at radius 2 is 1.88 bits per heavy atom. The Morgan fingerprint density at radius 3 is 2.35 bits per heavy atom. The van der Waals surface area contributed by atoms with E-state index < -0.39 is 0 Å². The molecule has 0 saturated carbocycles. The first-order chi connectivity index (χ1) is 7.74. The van der Waals surface area contributed by atoms with Gasteiger partial charge in [0.15, 0.2) is 0 Å². The van der Waals surface area contributed by atoms with Crippen LogP contribution in [-0.2, 0) is 14.4 Å². The van der Waals surface area contributed by atoms with E-state index in [1.165, 1.54) is 0 Å². The minimum atomic E-state index is -0.352. The van der Waals surface area contributed by atoms with Gasteiger partial charge in [-0.3, -0.25) is 9.69 Å². The molecule has 0 atom stereocenters. The summed E-state index contributed by atoms with van der Waals surface area (Å²) in [5.74, 6) is 4.55. The maximum atomic E-state index is 11.2. The van der Waals surface area contributed by atoms with Gasteiger partial charge in [0, 0.05) is 19.6 Å². The SMILES string of the molecule is CC1(C)CN(CCC(=O)ONN)CC(C)(C)O1. The molecule has 0 amide bonds. The number of carbonyl (C=O) groups is 1. The summed E-state index contributed by atoms with van der Waals surface area (Å²) in [6, 6.07) is 0. The minimum Gasteiger partial charge on any atom is -0.367 e. The second-order valence-electron chi connectivity index (χ2n) is 5.67. The summed E-state index contributed by atoms with van der Waals surface area (Å²) in [4.78, 5) is 17.9. The average molecular weight is 245 g/mol. The topological polar surface area (TPSA) is 76.8 Å². The van der Waals surface area contributed by atoms with E-state index in [2.05, 4.69) is 37.4 Å². The van der Waals surface area contributed by atoms with Gasteiger partial charge < -0.3 is 9.57 Å². The summed E-state index contributed by atoms with van der Waals surface area (Å²) in [5.41, 5.74) is 1.50. The lowest BCUT2D eigenvalue weighted by Crippen LogP contribution is -2.57. The van der Waals surface area contributed by atoms with Gasteiger partial charge in [0.25, 0.3) is 0 Å². The van der Waals surface area contributed by atoms with Crippen molar-refractivity contribution >= 4 is 5.97 Å². The molecule has 1 rings (SSSR count). The van der Waals surface area contributed by atoms with Crippen molar-refractivity contribution in [1.29, 1.82) is 0 Å². The molecule has 3 N–H and O–H groups in total. The van der Waals surface area contributed by atoms with Crippen molar-refractivity contribution in [3.8, 4) is 0 Å². The van der Waals surface area contributed by atoms with Crippen LogP contribution in [0.4, 0.5) is 0 Å². The fourth-order valence-corrected chi connectivity index (χ4v) is 2.47. The zero-order valence-electron chi connectivity index (χ0n) is 11.1. The highest BCUT2D eigenvalue weighted by Gasteiger charge is 2.37. The van der Waals surface area contributed by atoms with Crippen LogP contribution in [0.15, 0.2) is 0 Å². The van der Waals surface area contributed by atoms with E-state index >= 15 is 0 Å². The third kappa shape index (κ3) is 4.99. The molecule has 0 unspecified atom stereocenters. The lowest BCUT2D eigenvalue weighted by molar-refractivity contribution is -0.182. The van der Waals surface area contributed by atoms with E-state index in [1.807, 2.05) is 5.59 Å². The van der Waals surface area contributed by atoms with Crippen LogP contribution in [0.2, 0.25) is 0 Å². The van der Waals surface area contributed by atoms with Crippen molar-refractivity contribution in [3.05, 3.63) is 0 Å². The van der Waals surface area contributed by atoms with Crippen LogP contribution in [-0.4, -0.2) is 41.7 Å². The molecule has 1 saturated heterocycles. The zero-order valence-corrected chi connectivity index (χ0v) is 11.1. The van der Waals surface area contributed by atoms with E-state index in [1.54, 1.807) is 0 Å². The molecule has 1 heterocycles. The van der Waals surface area contributed by atoms with Crippen molar-refractivity contribution in [1.82, 2.24) is 10.5 Å². The molecule has 100 valence electrons. The van der Waals surface area contributed by atoms with Gasteiger partial charge in [-0.05, 0) is 27.7 Å². The quantitative estimate of drug-likeness (QED) is 0.544. The van der Waals surface area contributed by atoms with Crippen LogP contribution in [0, 0.1) is 0 Å². The summed E-state index contributed by atoms with van der Waals surface area (Å²) >= 11 is 0. The number of hydrogen-bond donors (Lipinski definition) is 2. The number of carbonyl (C=O) groups excluding carboxylic acids is 1. The Hall–Kier alpha value is -0.690. The van der Waals surface area contributed by atoms with Crippen molar-refractivity contribution in [2.45, 2.75) is 45.3 Å². The largest absolute Gasteiger partial charge is 0.367 e. The average Bonchev–Trinajstić information content (AvgIpc) is 2.10. The third-order valence-electron chi connectivity index (χ3n) is 2.57. The molecular formula is C11H23N3O3. The minimum absolute atomic E-state index is 0.197. The Balaban J connectivity index is 2.46. The number of morpholine rings is 1. The van der Waals surface area contributed by atoms with E-state index in [9.17, 15) is 4.79 Å². The summed E-state index contributed by atoms with van der Waals surface area (Å²) in [6.45, 7) is 10.5. The number of nitrogens with one attached hydrogen (secondary N) is 1. The number of rotatable bonds is 4. The number of ether oxygens (including phenoxy) is 1. The maximum absolute atomic E-state index is 11.2. The predicted molar refractivity (Wildman–Crippen MR) is 63.7 cm³/mol. The second-order valence-corrected chi connectivity index (χ2v) is 5.67. The van der Waals surface area contributed by atoms with Gasteiger partial charge >= 0.3 is 5.97 Å². The van der Waals surface area contributed by atoms with Crippen molar-refractivity contribution in [3.63, 3.8) is 0 Å². The molecule has 1 aliphatic heterocycles. The monoisotopic (exact) mass is 245 g/mol. The zero-order chi connectivity index (χ0) is 13.1. The molecule has 0 bridgehead atoms. The van der Waals surface area contributed by atoms with E-state index in [0.717, 1.165) is 13.1 Å². The first-order valence-corrected chi connectivity index (χ1v) is 5.82. The van der Waals surface area contributed by atoms with Gasteiger partial charge in [-0.1, -0.05) is 5.59 Å². The third-order valence-corrected chi connectivity index (χ3v) is 2.57. The van der Waals surface area contributed by atoms with Gasteiger partial charge in [0.2, 0.25) is 0 Å². The number of nitrogens with zero attached hydrogens (tertiary/aromatic N) is 1. The van der Waals surface area contributed by atoms with E-state index in [4.69, 9.17) is 10.6 Å². The number of hydrogen-bond acceptors (Lipinski definition) is 6. The smallest absolute Gasteiger partial charge is 0.327 e. The molecule has 17 heavy (non-hydrogen) atoms. The molecule has 6 heteroatoms. The standard InChI is InChI=1S/C11H23N3O3/c1-10(2)7-14(8-11(3,4)17-10)6-5-9(15)16-13-12/h13H,5-8,12H2,1-4H3. The molecule has 0 aliphatic carbocycles. The van der Waals surface area contributed by atoms with Crippen LogP contribution in [0.5, 0.6) is 0 Å². The van der Waals surface area contributed by atoms with Gasteiger partial charge in [0.1, 0.15) is 0 Å². The van der Waals surface area contributed by atoms with E-state index in [0.29, 0.717) is 13.0 Å². The summed E-state index contributed by atoms with van der Waals surface area (Å²) < 4.78 is 5.96. The second kappa shape index (κ2) is 5.30. The molecule has 0 aromatic heterocycles. The molecule has 6 nitrogen and oxygen atoms in total. The number of hydrazine groups is 1. The molecule has 1 fully saturated rings. The Morgan fingerprint density at radius 1 is 1.35 bits per heavy atom. The first kappa shape index (κ1) is 14.4. The van der Waals surface area contributed by atoms with Crippen LogP contribution in [0.25, 0.3) is 0 Å². The Bertz CT molecular complexity index is 263. The van der Waals surface area contributed by atoms with Crippen molar-refractivity contribution in [2.75, 3.05) is 19.6 Å². The number of nitrogens with two attached hydrogens (primary N) is 1. The van der Waals surface area contributed by atoms with Gasteiger partial charge in [-0.25, -0.2) is 5.84 Å². The first-order valence-electron chi connectivity index (χ1n) is 5.82. The highest BCUT2D eigenvalue weighted by Crippen LogP contribution is 2.27. The van der Waals surface area contributed by atoms with Gasteiger partial charge in [-0.15, -0.1) is 0 Å². The lowest BCUT2D eigenvalue weighted by atomic mass is 9.99. The Labute approximate surface area is 102 Å². The Kier molecular flexibility index (Phi) is 4.48. The summed E-state index contributed by atoms with van der Waals surface area (Å²) in [6.07, 6.45) is 0.316. The molecule has 0 radical (unpaired) electrons. The van der Waals surface area contributed by atoms with Crippen LogP contribution >= 0.6 is 0 Å². The fourth-order valence-electron chi connectivity index (χ4n) is 2.47. The van der Waals surface area contributed by atoms with Crippen LogP contribution in [0.3, 0.4) is 0 Å². The van der Waals surface area contributed by atoms with Crippen molar-refractivity contribution < 1.29 is 14.4 Å². The fraction of sp³-hybridized carbons (Fsp3) is 0.909. The molecular weight excluding hydrogens is 222 g/mol. The van der Waals surface area contributed by atoms with Gasteiger partial charge in [0.05, 0.1) is 17.6 Å². The molecule has 0 aromatic carbocycles. The normalized spacial score (nSPS) is 23.4. The predicted octanol–water partition coefficient (Wildman–Crippen LogP) is 0.187. The van der Waals surface area contributed by atoms with Crippen molar-refractivity contribution in [2.24, 2.45) is 5.84 Å². The van der Waals surface area contributed by atoms with Crippen LogP contribution in [0.1, 0.15) is 34.1 Å². The lowest BCUT2D eigenvalue weighted by Gasteiger charge is -2.47. The highest BCUT2D eigenvalue weighted by molar-refractivity contribution is 5.69. The molecule has 0 spiro atoms. The molecule has 1 aliphatic rings. The maximum Gasteiger partial charge on any atom is 0.327 e. The summed E-state index contributed by atoms with van der Waals surface area (Å²) in [5, 5.41) is 0. The van der Waals surface area contributed by atoms with E-state index in [-0.39, 0.29) is 17.2 Å². The van der Waals surface area contributed by atoms with Gasteiger partial charge in [-0.2, -0.15) is 0 Å². The van der Waals surface area contributed by atoms with Crippen LogP contribution < -0.4 is 11.4 Å². The molecule has 0 aromatic rings. The highest BCUT2D eigenvalue weighted by atomic mass is 16.7.